The Morgan fingerprint density at radius 2 is 1.85 bits per heavy atom. The molecule has 1 aliphatic rings. The van der Waals surface area contributed by atoms with E-state index in [1.165, 1.54) is 10.5 Å². The number of rotatable bonds is 4. The lowest BCUT2D eigenvalue weighted by molar-refractivity contribution is -0.148. The second-order valence-electron chi connectivity index (χ2n) is 5.14. The van der Waals surface area contributed by atoms with Gasteiger partial charge in [-0.15, -0.1) is 0 Å². The zero-order valence-electron chi connectivity index (χ0n) is 11.1. The number of hydrogen-bond donors (Lipinski definition) is 1. The van der Waals surface area contributed by atoms with E-state index in [2.05, 4.69) is 21.2 Å². The van der Waals surface area contributed by atoms with Crippen LogP contribution in [0, 0.1) is 0 Å². The van der Waals surface area contributed by atoms with E-state index in [9.17, 15) is 13.2 Å². The molecular formula is C14H18BrF3N2. The quantitative estimate of drug-likeness (QED) is 0.892. The number of nitrogens with one attached hydrogen (secondary N) is 1. The average Bonchev–Trinajstić information content (AvgIpc) is 2.38. The maximum Gasteiger partial charge on any atom is 0.401 e. The molecule has 20 heavy (non-hydrogen) atoms. The Morgan fingerprint density at radius 1 is 1.20 bits per heavy atom. The molecule has 1 N–H and O–H groups in total. The molecule has 1 fully saturated rings. The minimum atomic E-state index is -4.09. The third kappa shape index (κ3) is 5.07. The first-order valence-electron chi connectivity index (χ1n) is 6.70. The topological polar surface area (TPSA) is 15.3 Å². The van der Waals surface area contributed by atoms with Crippen LogP contribution in [0.2, 0.25) is 0 Å². The van der Waals surface area contributed by atoms with Crippen LogP contribution in [-0.4, -0.2) is 36.8 Å². The molecule has 6 heteroatoms. The standard InChI is InChI=1S/C14H18BrF3N2/c15-13-4-2-1-3-11(13)9-19-12-5-7-20(8-6-12)10-14(16,17)18/h1-4,12,19H,5-10H2. The summed E-state index contributed by atoms with van der Waals surface area (Å²) >= 11 is 3.49. The third-order valence-electron chi connectivity index (χ3n) is 3.53. The van der Waals surface area contributed by atoms with Crippen molar-refractivity contribution in [1.82, 2.24) is 10.2 Å². The monoisotopic (exact) mass is 350 g/mol. The van der Waals surface area contributed by atoms with E-state index in [1.807, 2.05) is 24.3 Å². The summed E-state index contributed by atoms with van der Waals surface area (Å²) in [4.78, 5) is 1.48. The molecule has 0 aliphatic carbocycles. The zero-order valence-corrected chi connectivity index (χ0v) is 12.7. The molecule has 0 aromatic heterocycles. The molecule has 2 rings (SSSR count). The van der Waals surface area contributed by atoms with Gasteiger partial charge in [-0.25, -0.2) is 0 Å². The van der Waals surface area contributed by atoms with Gasteiger partial charge in [0.2, 0.25) is 0 Å². The van der Waals surface area contributed by atoms with Crippen molar-refractivity contribution >= 4 is 15.9 Å². The molecule has 1 saturated heterocycles. The number of hydrogen-bond acceptors (Lipinski definition) is 2. The number of alkyl halides is 3. The highest BCUT2D eigenvalue weighted by Crippen LogP contribution is 2.20. The molecular weight excluding hydrogens is 333 g/mol. The van der Waals surface area contributed by atoms with Gasteiger partial charge in [0.15, 0.2) is 0 Å². The fraction of sp³-hybridized carbons (Fsp3) is 0.571. The van der Waals surface area contributed by atoms with Gasteiger partial charge in [-0.1, -0.05) is 34.1 Å². The zero-order chi connectivity index (χ0) is 14.6. The van der Waals surface area contributed by atoms with E-state index in [0.717, 1.165) is 23.9 Å². The lowest BCUT2D eigenvalue weighted by Gasteiger charge is -2.32. The van der Waals surface area contributed by atoms with Crippen LogP contribution in [0.1, 0.15) is 18.4 Å². The van der Waals surface area contributed by atoms with Gasteiger partial charge in [0, 0.05) is 17.1 Å². The maximum atomic E-state index is 12.3. The first-order chi connectivity index (χ1) is 9.44. The summed E-state index contributed by atoms with van der Waals surface area (Å²) in [5.41, 5.74) is 1.17. The maximum absolute atomic E-state index is 12.3. The predicted octanol–water partition coefficient (Wildman–Crippen LogP) is 3.57. The third-order valence-corrected chi connectivity index (χ3v) is 4.30. The van der Waals surface area contributed by atoms with Crippen molar-refractivity contribution in [3.05, 3.63) is 34.3 Å². The van der Waals surface area contributed by atoms with E-state index in [1.54, 1.807) is 0 Å². The highest BCUT2D eigenvalue weighted by Gasteiger charge is 2.32. The van der Waals surface area contributed by atoms with Crippen LogP contribution in [0.15, 0.2) is 28.7 Å². The van der Waals surface area contributed by atoms with Gasteiger partial charge >= 0.3 is 6.18 Å². The average molecular weight is 351 g/mol. The molecule has 1 aromatic carbocycles. The van der Waals surface area contributed by atoms with Crippen molar-refractivity contribution in [1.29, 1.82) is 0 Å². The Morgan fingerprint density at radius 3 is 2.45 bits per heavy atom. The second-order valence-corrected chi connectivity index (χ2v) is 5.99. The van der Waals surface area contributed by atoms with E-state index < -0.39 is 12.7 Å². The largest absolute Gasteiger partial charge is 0.401 e. The summed E-state index contributed by atoms with van der Waals surface area (Å²) in [7, 11) is 0. The molecule has 0 amide bonds. The lowest BCUT2D eigenvalue weighted by atomic mass is 10.0. The minimum absolute atomic E-state index is 0.298. The van der Waals surface area contributed by atoms with Gasteiger partial charge in [-0.05, 0) is 37.6 Å². The van der Waals surface area contributed by atoms with Crippen molar-refractivity contribution in [2.24, 2.45) is 0 Å². The van der Waals surface area contributed by atoms with Crippen molar-refractivity contribution in [3.8, 4) is 0 Å². The van der Waals surface area contributed by atoms with Crippen LogP contribution in [0.3, 0.4) is 0 Å². The van der Waals surface area contributed by atoms with E-state index in [0.29, 0.717) is 19.1 Å². The van der Waals surface area contributed by atoms with Crippen LogP contribution in [-0.2, 0) is 6.54 Å². The Kier molecular flexibility index (Phi) is 5.46. The molecule has 1 aromatic rings. The fourth-order valence-electron chi connectivity index (χ4n) is 2.44. The van der Waals surface area contributed by atoms with Gasteiger partial charge in [0.25, 0.3) is 0 Å². The molecule has 0 bridgehead atoms. The summed E-state index contributed by atoms with van der Waals surface area (Å²) in [6.45, 7) is 0.968. The Hall–Kier alpha value is -0.590. The van der Waals surface area contributed by atoms with Crippen molar-refractivity contribution in [3.63, 3.8) is 0 Å². The Labute approximate surface area is 125 Å². The molecule has 0 saturated carbocycles. The number of halogens is 4. The second kappa shape index (κ2) is 6.91. The van der Waals surface area contributed by atoms with Gasteiger partial charge in [-0.2, -0.15) is 13.2 Å². The number of benzene rings is 1. The van der Waals surface area contributed by atoms with Gasteiger partial charge in [0.05, 0.1) is 6.54 Å². The summed E-state index contributed by atoms with van der Waals surface area (Å²) in [6, 6.07) is 8.27. The molecule has 0 atom stereocenters. The van der Waals surface area contributed by atoms with E-state index in [4.69, 9.17) is 0 Å². The lowest BCUT2D eigenvalue weighted by Crippen LogP contribution is -2.45. The number of piperidine rings is 1. The molecule has 1 heterocycles. The summed E-state index contributed by atoms with van der Waals surface area (Å²) < 4.78 is 37.9. The van der Waals surface area contributed by atoms with Crippen LogP contribution in [0.25, 0.3) is 0 Å². The first-order valence-corrected chi connectivity index (χ1v) is 7.49. The molecule has 2 nitrogen and oxygen atoms in total. The van der Waals surface area contributed by atoms with Crippen molar-refractivity contribution in [2.75, 3.05) is 19.6 Å². The van der Waals surface area contributed by atoms with Crippen LogP contribution >= 0.6 is 15.9 Å². The normalized spacial score (nSPS) is 18.4. The smallest absolute Gasteiger partial charge is 0.310 e. The highest BCUT2D eigenvalue weighted by atomic mass is 79.9. The Balaban J connectivity index is 1.74. The summed E-state index contributed by atoms with van der Waals surface area (Å²) in [5.74, 6) is 0. The van der Waals surface area contributed by atoms with E-state index >= 15 is 0 Å². The van der Waals surface area contributed by atoms with Gasteiger partial charge in [-0.3, -0.25) is 4.90 Å². The molecule has 1 aliphatic heterocycles. The molecule has 112 valence electrons. The van der Waals surface area contributed by atoms with Crippen LogP contribution < -0.4 is 5.32 Å². The first kappa shape index (κ1) is 15.8. The summed E-state index contributed by atoms with van der Waals surface area (Å²) in [5, 5.41) is 3.42. The number of nitrogens with zero attached hydrogens (tertiary/aromatic N) is 1. The minimum Gasteiger partial charge on any atom is -0.310 e. The van der Waals surface area contributed by atoms with Crippen molar-refractivity contribution < 1.29 is 13.2 Å². The van der Waals surface area contributed by atoms with Crippen LogP contribution in [0.4, 0.5) is 13.2 Å². The van der Waals surface area contributed by atoms with Gasteiger partial charge in [0.1, 0.15) is 0 Å². The molecule has 0 unspecified atom stereocenters. The van der Waals surface area contributed by atoms with Gasteiger partial charge < -0.3 is 5.32 Å². The van der Waals surface area contributed by atoms with Crippen LogP contribution in [0.5, 0.6) is 0 Å². The molecule has 0 radical (unpaired) electrons. The SMILES string of the molecule is FC(F)(F)CN1CCC(NCc2ccccc2Br)CC1. The molecule has 0 spiro atoms. The van der Waals surface area contributed by atoms with Crippen molar-refractivity contribution in [2.45, 2.75) is 31.6 Å². The fourth-order valence-corrected chi connectivity index (χ4v) is 2.87. The Bertz CT molecular complexity index is 429. The summed E-state index contributed by atoms with van der Waals surface area (Å²) in [6.07, 6.45) is -2.56. The number of likely N-dealkylation sites (tertiary alicyclic amines) is 1. The predicted molar refractivity (Wildman–Crippen MR) is 76.5 cm³/mol. The highest BCUT2D eigenvalue weighted by molar-refractivity contribution is 9.10. The van der Waals surface area contributed by atoms with E-state index in [-0.39, 0.29) is 0 Å².